The zero-order valence-corrected chi connectivity index (χ0v) is 12.9. The lowest BCUT2D eigenvalue weighted by Crippen LogP contribution is -2.48. The first-order valence-corrected chi connectivity index (χ1v) is 7.93. The number of nitrogens with one attached hydrogen (secondary N) is 1. The van der Waals surface area contributed by atoms with Crippen molar-refractivity contribution in [2.45, 2.75) is 30.7 Å². The molecule has 6 heteroatoms. The van der Waals surface area contributed by atoms with E-state index in [9.17, 15) is 9.59 Å². The maximum atomic E-state index is 12.5. The smallest absolute Gasteiger partial charge is 0.248 e. The van der Waals surface area contributed by atoms with Crippen molar-refractivity contribution >= 4 is 29.3 Å². The van der Waals surface area contributed by atoms with Gasteiger partial charge in [0.05, 0.1) is 12.0 Å². The summed E-state index contributed by atoms with van der Waals surface area (Å²) < 4.78 is 5.09. The van der Waals surface area contributed by atoms with Crippen molar-refractivity contribution in [1.82, 2.24) is 4.90 Å². The monoisotopic (exact) mass is 306 g/mol. The van der Waals surface area contributed by atoms with Gasteiger partial charge in [0.25, 0.3) is 0 Å². The Morgan fingerprint density at radius 1 is 1.43 bits per heavy atom. The molecule has 2 aliphatic rings. The van der Waals surface area contributed by atoms with Crippen LogP contribution < -0.4 is 10.1 Å². The molecular formula is C15H18N2O3S. The predicted molar refractivity (Wildman–Crippen MR) is 82.4 cm³/mol. The van der Waals surface area contributed by atoms with Crippen molar-refractivity contribution in [2.24, 2.45) is 0 Å². The van der Waals surface area contributed by atoms with Crippen molar-refractivity contribution in [3.8, 4) is 5.75 Å². The molecule has 3 rings (SSSR count). The molecule has 2 fully saturated rings. The Balaban J connectivity index is 1.72. The van der Waals surface area contributed by atoms with Crippen molar-refractivity contribution in [1.29, 1.82) is 0 Å². The summed E-state index contributed by atoms with van der Waals surface area (Å²) in [6.45, 7) is 2.04. The molecule has 0 radical (unpaired) electrons. The summed E-state index contributed by atoms with van der Waals surface area (Å²) in [6, 6.07) is 6.80. The van der Waals surface area contributed by atoms with Gasteiger partial charge in [0.1, 0.15) is 11.8 Å². The summed E-state index contributed by atoms with van der Waals surface area (Å²) in [6.07, 6.45) is 1.36. The Labute approximate surface area is 128 Å². The van der Waals surface area contributed by atoms with Crippen LogP contribution in [0.2, 0.25) is 0 Å². The minimum Gasteiger partial charge on any atom is -0.497 e. The Bertz CT molecular complexity index is 575. The zero-order valence-electron chi connectivity index (χ0n) is 12.1. The lowest BCUT2D eigenvalue weighted by molar-refractivity contribution is -0.135. The maximum Gasteiger partial charge on any atom is 0.248 e. The lowest BCUT2D eigenvalue weighted by atomic mass is 10.2. The number of hydrogen-bond acceptors (Lipinski definition) is 4. The zero-order chi connectivity index (χ0) is 15.0. The number of carbonyl (C=O) groups excluding carboxylic acids is 2. The average Bonchev–Trinajstić information content (AvgIpc) is 2.97. The molecule has 2 aliphatic heterocycles. The third-order valence-corrected chi connectivity index (χ3v) is 5.61. The van der Waals surface area contributed by atoms with E-state index in [-0.39, 0.29) is 22.7 Å². The van der Waals surface area contributed by atoms with E-state index in [1.54, 1.807) is 48.0 Å². The third-order valence-electron chi connectivity index (χ3n) is 4.11. The summed E-state index contributed by atoms with van der Waals surface area (Å²) in [5, 5.41) is 2.88. The van der Waals surface area contributed by atoms with Gasteiger partial charge in [-0.05, 0) is 37.6 Å². The van der Waals surface area contributed by atoms with Crippen molar-refractivity contribution in [3.63, 3.8) is 0 Å². The van der Waals surface area contributed by atoms with E-state index >= 15 is 0 Å². The van der Waals surface area contributed by atoms with Crippen LogP contribution in [0.4, 0.5) is 5.69 Å². The number of methoxy groups -OCH3 is 1. The number of rotatable bonds is 3. The van der Waals surface area contributed by atoms with Gasteiger partial charge in [0.15, 0.2) is 0 Å². The van der Waals surface area contributed by atoms with Crippen molar-refractivity contribution in [2.75, 3.05) is 18.2 Å². The normalized spacial score (nSPS) is 27.6. The number of hydrogen-bond donors (Lipinski definition) is 1. The predicted octanol–water partition coefficient (Wildman–Crippen LogP) is 2.09. The minimum absolute atomic E-state index is 0.0809. The van der Waals surface area contributed by atoms with Crippen LogP contribution in [0.1, 0.15) is 19.8 Å². The summed E-state index contributed by atoms with van der Waals surface area (Å²) in [5.74, 6) is 1.36. The number of thioether (sulfide) groups is 1. The summed E-state index contributed by atoms with van der Waals surface area (Å²) in [7, 11) is 1.60. The average molecular weight is 306 g/mol. The van der Waals surface area contributed by atoms with E-state index in [2.05, 4.69) is 5.32 Å². The molecular weight excluding hydrogens is 288 g/mol. The molecule has 2 saturated heterocycles. The molecule has 5 nitrogen and oxygen atoms in total. The van der Waals surface area contributed by atoms with Crippen LogP contribution in [0.3, 0.4) is 0 Å². The molecule has 1 N–H and O–H groups in total. The van der Waals surface area contributed by atoms with Crippen LogP contribution in [0.15, 0.2) is 24.3 Å². The first-order chi connectivity index (χ1) is 10.0. The van der Waals surface area contributed by atoms with E-state index in [4.69, 9.17) is 4.74 Å². The van der Waals surface area contributed by atoms with Gasteiger partial charge >= 0.3 is 0 Å². The highest BCUT2D eigenvalue weighted by atomic mass is 32.2. The molecule has 112 valence electrons. The largest absolute Gasteiger partial charge is 0.497 e. The minimum atomic E-state index is -0.378. The van der Waals surface area contributed by atoms with Gasteiger partial charge in [0.2, 0.25) is 11.8 Å². The Hall–Kier alpha value is -1.69. The van der Waals surface area contributed by atoms with Gasteiger partial charge in [-0.3, -0.25) is 9.59 Å². The molecule has 0 aromatic heterocycles. The van der Waals surface area contributed by atoms with Crippen molar-refractivity contribution in [3.05, 3.63) is 24.3 Å². The molecule has 2 atom stereocenters. The molecule has 2 amide bonds. The second-order valence-electron chi connectivity index (χ2n) is 5.48. The molecule has 2 unspecified atom stereocenters. The van der Waals surface area contributed by atoms with Crippen molar-refractivity contribution < 1.29 is 14.3 Å². The van der Waals surface area contributed by atoms with Crippen LogP contribution in [0.25, 0.3) is 0 Å². The Morgan fingerprint density at radius 2 is 2.14 bits per heavy atom. The fraction of sp³-hybridized carbons (Fsp3) is 0.467. The van der Waals surface area contributed by atoms with Gasteiger partial charge in [-0.15, -0.1) is 11.8 Å². The number of anilines is 1. The quantitative estimate of drug-likeness (QED) is 0.929. The standard InChI is InChI=1S/C15H18N2O3S/c1-15-8-7-13(18)17(15)12(9-21-15)14(19)16-10-3-5-11(20-2)6-4-10/h3-6,12H,7-9H2,1-2H3,(H,16,19). The van der Waals surface area contributed by atoms with Gasteiger partial charge in [-0.25, -0.2) is 0 Å². The highest BCUT2D eigenvalue weighted by Crippen LogP contribution is 2.47. The first kappa shape index (κ1) is 14.3. The number of fused-ring (bicyclic) bond motifs is 1. The Morgan fingerprint density at radius 3 is 2.81 bits per heavy atom. The molecule has 1 aromatic rings. The number of amides is 2. The number of benzene rings is 1. The van der Waals surface area contributed by atoms with E-state index in [1.165, 1.54) is 0 Å². The second kappa shape index (κ2) is 5.26. The van der Waals surface area contributed by atoms with Crippen LogP contribution in [-0.2, 0) is 9.59 Å². The lowest BCUT2D eigenvalue weighted by Gasteiger charge is -2.29. The summed E-state index contributed by atoms with van der Waals surface area (Å²) >= 11 is 1.70. The highest BCUT2D eigenvalue weighted by Gasteiger charge is 2.52. The molecule has 2 heterocycles. The number of nitrogens with zero attached hydrogens (tertiary/aromatic N) is 1. The van der Waals surface area contributed by atoms with E-state index in [1.807, 2.05) is 6.92 Å². The molecule has 0 aliphatic carbocycles. The van der Waals surface area contributed by atoms with Crippen LogP contribution in [0.5, 0.6) is 5.75 Å². The summed E-state index contributed by atoms with van der Waals surface area (Å²) in [5.41, 5.74) is 0.714. The van der Waals surface area contributed by atoms with E-state index in [0.717, 1.165) is 12.2 Å². The van der Waals surface area contributed by atoms with E-state index < -0.39 is 0 Å². The van der Waals surface area contributed by atoms with Crippen LogP contribution in [0, 0.1) is 0 Å². The van der Waals surface area contributed by atoms with Gasteiger partial charge in [-0.2, -0.15) is 0 Å². The highest BCUT2D eigenvalue weighted by molar-refractivity contribution is 8.01. The first-order valence-electron chi connectivity index (χ1n) is 6.94. The van der Waals surface area contributed by atoms with Gasteiger partial charge in [-0.1, -0.05) is 0 Å². The molecule has 0 bridgehead atoms. The van der Waals surface area contributed by atoms with Gasteiger partial charge < -0.3 is 15.0 Å². The third kappa shape index (κ3) is 2.48. The fourth-order valence-corrected chi connectivity index (χ4v) is 4.35. The SMILES string of the molecule is COc1ccc(NC(=O)C2CSC3(C)CCC(=O)N23)cc1. The summed E-state index contributed by atoms with van der Waals surface area (Å²) in [4.78, 5) is 26.0. The number of carbonyl (C=O) groups is 2. The van der Waals surface area contributed by atoms with Crippen LogP contribution in [-0.4, -0.2) is 40.5 Å². The molecule has 0 spiro atoms. The van der Waals surface area contributed by atoms with E-state index in [0.29, 0.717) is 17.9 Å². The topological polar surface area (TPSA) is 58.6 Å². The second-order valence-corrected chi connectivity index (χ2v) is 6.98. The maximum absolute atomic E-state index is 12.5. The number of ether oxygens (including phenoxy) is 1. The van der Waals surface area contributed by atoms with Gasteiger partial charge in [0, 0.05) is 17.9 Å². The molecule has 21 heavy (non-hydrogen) atoms. The molecule has 1 aromatic carbocycles. The Kier molecular flexibility index (Phi) is 3.57. The van der Waals surface area contributed by atoms with Crippen LogP contribution >= 0.6 is 11.8 Å². The fourth-order valence-electron chi connectivity index (χ4n) is 2.91. The molecule has 0 saturated carbocycles.